The third kappa shape index (κ3) is 1.77. The number of nitro groups is 2. The summed E-state index contributed by atoms with van der Waals surface area (Å²) in [4.78, 5) is 20.1. The van der Waals surface area contributed by atoms with Gasteiger partial charge < -0.3 is 0 Å². The quantitative estimate of drug-likeness (QED) is 0.337. The van der Waals surface area contributed by atoms with Gasteiger partial charge in [-0.25, -0.2) is 0 Å². The van der Waals surface area contributed by atoms with E-state index in [-0.39, 0.29) is 5.56 Å². The lowest BCUT2D eigenvalue weighted by Gasteiger charge is -2.13. The molecule has 0 aliphatic heterocycles. The molecule has 0 bridgehead atoms. The van der Waals surface area contributed by atoms with E-state index in [0.717, 1.165) is 6.08 Å². The van der Waals surface area contributed by atoms with E-state index in [9.17, 15) is 20.2 Å². The second-order valence-corrected chi connectivity index (χ2v) is 3.11. The fraction of sp³-hybridized carbons (Fsp3) is 0.200. The molecule has 0 atom stereocenters. The Hall–Kier alpha value is -2.24. The molecule has 0 aliphatic carbocycles. The lowest BCUT2D eigenvalue weighted by atomic mass is 10.0. The maximum absolute atomic E-state index is 11.0. The smallest absolute Gasteiger partial charge is 0.258 e. The number of benzene rings is 1. The van der Waals surface area contributed by atoms with E-state index in [0.29, 0.717) is 0 Å². The molecule has 0 spiro atoms. The Morgan fingerprint density at radius 1 is 1.12 bits per heavy atom. The Morgan fingerprint density at radius 3 is 2.00 bits per heavy atom. The number of allylic oxidation sites excluding steroid dienone is 1. The van der Waals surface area contributed by atoms with Crippen molar-refractivity contribution in [2.24, 2.45) is 0 Å². The van der Waals surface area contributed by atoms with Crippen LogP contribution in [0.2, 0.25) is 0 Å². The predicted octanol–water partition coefficient (Wildman–Crippen LogP) is 1.97. The molecule has 0 heterocycles. The van der Waals surface area contributed by atoms with Crippen LogP contribution in [0, 0.1) is 20.2 Å². The summed E-state index contributed by atoms with van der Waals surface area (Å²) in [6.07, 6.45) is 2.28. The van der Waals surface area contributed by atoms with Crippen molar-refractivity contribution < 1.29 is 9.85 Å². The number of hydrogen-bond donors (Lipinski definition) is 0. The van der Waals surface area contributed by atoms with Crippen molar-refractivity contribution in [2.45, 2.75) is 12.6 Å². The van der Waals surface area contributed by atoms with E-state index >= 15 is 0 Å². The molecule has 1 aromatic rings. The second-order valence-electron chi connectivity index (χ2n) is 3.11. The zero-order valence-electron chi connectivity index (χ0n) is 8.57. The Kier molecular flexibility index (Phi) is 3.34. The molecule has 0 fully saturated rings. The maximum Gasteiger partial charge on any atom is 0.503 e. The topological polar surface area (TPSA) is 86.3 Å². The van der Waals surface area contributed by atoms with Crippen LogP contribution in [0.15, 0.2) is 42.5 Å². The zero-order valence-corrected chi connectivity index (χ0v) is 8.57. The van der Waals surface area contributed by atoms with Crippen LogP contribution in [0.4, 0.5) is 0 Å². The van der Waals surface area contributed by atoms with E-state index < -0.39 is 15.5 Å². The molecule has 6 heteroatoms. The van der Waals surface area contributed by atoms with E-state index in [1.165, 1.54) is 37.3 Å². The van der Waals surface area contributed by atoms with Gasteiger partial charge in [-0.15, -0.1) is 0 Å². The molecule has 0 unspecified atom stereocenters. The first-order valence-electron chi connectivity index (χ1n) is 4.54. The van der Waals surface area contributed by atoms with Gasteiger partial charge in [0, 0.05) is 0 Å². The first kappa shape index (κ1) is 11.8. The molecular formula is C10H10N2O4. The van der Waals surface area contributed by atoms with Gasteiger partial charge in [0.2, 0.25) is 0 Å². The molecular weight excluding hydrogens is 212 g/mol. The van der Waals surface area contributed by atoms with Gasteiger partial charge in [0.1, 0.15) is 15.4 Å². The summed E-state index contributed by atoms with van der Waals surface area (Å²) in [5.41, 5.74) is -2.36. The molecule has 0 aromatic heterocycles. The summed E-state index contributed by atoms with van der Waals surface area (Å²) in [5, 5.41) is 21.9. The number of rotatable bonds is 4. The van der Waals surface area contributed by atoms with E-state index in [1.807, 2.05) is 0 Å². The standard InChI is InChI=1S/C10H10N2O4/c1-2-8-10(11(13)14,12(15)16)9-6-4-3-5-7-9/h2-8H,1H3/b8-2+. The third-order valence-electron chi connectivity index (χ3n) is 2.15. The molecule has 84 valence electrons. The van der Waals surface area contributed by atoms with Crippen LogP contribution in [0.1, 0.15) is 12.5 Å². The van der Waals surface area contributed by atoms with Gasteiger partial charge in [-0.3, -0.25) is 20.2 Å². The van der Waals surface area contributed by atoms with Crippen molar-refractivity contribution >= 4 is 0 Å². The van der Waals surface area contributed by atoms with E-state index in [4.69, 9.17) is 0 Å². The van der Waals surface area contributed by atoms with Crippen LogP contribution in [0.5, 0.6) is 0 Å². The highest BCUT2D eigenvalue weighted by Crippen LogP contribution is 2.27. The lowest BCUT2D eigenvalue weighted by molar-refractivity contribution is -0.794. The lowest BCUT2D eigenvalue weighted by Crippen LogP contribution is -2.41. The highest BCUT2D eigenvalue weighted by atomic mass is 16.7. The first-order chi connectivity index (χ1) is 7.55. The van der Waals surface area contributed by atoms with Crippen molar-refractivity contribution in [1.82, 2.24) is 0 Å². The molecule has 1 rings (SSSR count). The van der Waals surface area contributed by atoms with Gasteiger partial charge in [0.15, 0.2) is 0 Å². The average Bonchev–Trinajstić information content (AvgIpc) is 2.26. The molecule has 16 heavy (non-hydrogen) atoms. The fourth-order valence-corrected chi connectivity index (χ4v) is 1.41. The Labute approximate surface area is 91.5 Å². The molecule has 0 aliphatic rings. The van der Waals surface area contributed by atoms with Gasteiger partial charge in [-0.2, -0.15) is 0 Å². The van der Waals surface area contributed by atoms with E-state index in [2.05, 4.69) is 0 Å². The Bertz CT molecular complexity index is 414. The van der Waals surface area contributed by atoms with Crippen LogP contribution in [0.25, 0.3) is 0 Å². The highest BCUT2D eigenvalue weighted by molar-refractivity contribution is 5.24. The summed E-state index contributed by atoms with van der Waals surface area (Å²) in [6, 6.07) is 7.43. The Balaban J connectivity index is 3.45. The number of hydrogen-bond acceptors (Lipinski definition) is 4. The minimum absolute atomic E-state index is 0.0306. The van der Waals surface area contributed by atoms with Crippen molar-refractivity contribution in [3.8, 4) is 0 Å². The average molecular weight is 222 g/mol. The largest absolute Gasteiger partial charge is 0.503 e. The molecule has 0 radical (unpaired) electrons. The monoisotopic (exact) mass is 222 g/mol. The maximum atomic E-state index is 11.0. The molecule has 0 saturated heterocycles. The Morgan fingerprint density at radius 2 is 1.62 bits per heavy atom. The summed E-state index contributed by atoms with van der Waals surface area (Å²) in [7, 11) is 0. The van der Waals surface area contributed by atoms with Gasteiger partial charge in [0.25, 0.3) is 0 Å². The zero-order chi connectivity index (χ0) is 12.2. The van der Waals surface area contributed by atoms with Crippen molar-refractivity contribution in [3.63, 3.8) is 0 Å². The normalized spacial score (nSPS) is 11.6. The van der Waals surface area contributed by atoms with Crippen LogP contribution in [-0.4, -0.2) is 9.85 Å². The summed E-state index contributed by atoms with van der Waals surface area (Å²) in [5.74, 6) is 0. The summed E-state index contributed by atoms with van der Waals surface area (Å²) >= 11 is 0. The molecule has 6 nitrogen and oxygen atoms in total. The minimum atomic E-state index is -2.39. The van der Waals surface area contributed by atoms with Crippen LogP contribution < -0.4 is 0 Å². The fourth-order valence-electron chi connectivity index (χ4n) is 1.41. The molecule has 0 saturated carbocycles. The van der Waals surface area contributed by atoms with Crippen molar-refractivity contribution in [3.05, 3.63) is 68.3 Å². The van der Waals surface area contributed by atoms with Crippen molar-refractivity contribution in [1.29, 1.82) is 0 Å². The molecule has 0 amide bonds. The first-order valence-corrected chi connectivity index (χ1v) is 4.54. The third-order valence-corrected chi connectivity index (χ3v) is 2.15. The van der Waals surface area contributed by atoms with Crippen molar-refractivity contribution in [2.75, 3.05) is 0 Å². The van der Waals surface area contributed by atoms with Gasteiger partial charge in [-0.05, 0) is 19.1 Å². The summed E-state index contributed by atoms with van der Waals surface area (Å²) < 4.78 is 0. The minimum Gasteiger partial charge on any atom is -0.258 e. The molecule has 1 aromatic carbocycles. The van der Waals surface area contributed by atoms with Gasteiger partial charge >= 0.3 is 5.66 Å². The van der Waals surface area contributed by atoms with E-state index in [1.54, 1.807) is 6.07 Å². The second kappa shape index (κ2) is 4.52. The van der Waals surface area contributed by atoms with Gasteiger partial charge in [-0.1, -0.05) is 24.3 Å². The SMILES string of the molecule is C/C=C/C(c1ccccc1)([N+](=O)[O-])[N+](=O)[O-]. The summed E-state index contributed by atoms with van der Waals surface area (Å²) in [6.45, 7) is 1.50. The van der Waals surface area contributed by atoms with Gasteiger partial charge in [0.05, 0.1) is 6.08 Å². The molecule has 0 N–H and O–H groups in total. The highest BCUT2D eigenvalue weighted by Gasteiger charge is 2.55. The van der Waals surface area contributed by atoms with Crippen LogP contribution in [-0.2, 0) is 5.66 Å². The predicted molar refractivity (Wildman–Crippen MR) is 56.9 cm³/mol. The van der Waals surface area contributed by atoms with Crippen LogP contribution in [0.3, 0.4) is 0 Å². The number of nitrogens with zero attached hydrogens (tertiary/aromatic N) is 2. The van der Waals surface area contributed by atoms with Crippen LogP contribution >= 0.6 is 0 Å².